The topological polar surface area (TPSA) is 89.6 Å². The summed E-state index contributed by atoms with van der Waals surface area (Å²) in [7, 11) is 0. The molecule has 3 rings (SSSR count). The zero-order chi connectivity index (χ0) is 18.5. The molecule has 2 heterocycles. The van der Waals surface area contributed by atoms with Gasteiger partial charge in [-0.15, -0.1) is 0 Å². The van der Waals surface area contributed by atoms with Gasteiger partial charge in [-0.05, 0) is 19.9 Å². The lowest BCUT2D eigenvalue weighted by atomic mass is 9.96. The molecule has 0 radical (unpaired) electrons. The van der Waals surface area contributed by atoms with E-state index < -0.39 is 11.9 Å². The average Bonchev–Trinajstić information content (AvgIpc) is 3.16. The summed E-state index contributed by atoms with van der Waals surface area (Å²) in [6.45, 7) is 5.29. The van der Waals surface area contributed by atoms with Crippen LogP contribution < -0.4 is 10.6 Å². The lowest BCUT2D eigenvalue weighted by Crippen LogP contribution is -2.21. The molecular formula is C19H21N3O4. The van der Waals surface area contributed by atoms with Gasteiger partial charge in [0.25, 0.3) is 0 Å². The molecule has 7 nitrogen and oxygen atoms in total. The van der Waals surface area contributed by atoms with Crippen LogP contribution in [0.3, 0.4) is 0 Å². The number of esters is 2. The van der Waals surface area contributed by atoms with Crippen LogP contribution in [0.2, 0.25) is 0 Å². The van der Waals surface area contributed by atoms with Gasteiger partial charge in [0.2, 0.25) is 0 Å². The minimum Gasteiger partial charge on any atom is -0.462 e. The van der Waals surface area contributed by atoms with E-state index in [0.29, 0.717) is 35.4 Å². The maximum Gasteiger partial charge on any atom is 0.342 e. The van der Waals surface area contributed by atoms with E-state index in [1.54, 1.807) is 13.8 Å². The Morgan fingerprint density at radius 3 is 2.46 bits per heavy atom. The molecule has 1 aromatic carbocycles. The molecule has 0 spiro atoms. The Morgan fingerprint density at radius 1 is 1.08 bits per heavy atom. The van der Waals surface area contributed by atoms with E-state index in [0.717, 1.165) is 0 Å². The van der Waals surface area contributed by atoms with Gasteiger partial charge in [0.1, 0.15) is 11.4 Å². The third kappa shape index (κ3) is 3.33. The fraction of sp³-hybridized carbons (Fsp3) is 0.316. The molecule has 0 bridgehead atoms. The van der Waals surface area contributed by atoms with Crippen molar-refractivity contribution in [1.29, 1.82) is 0 Å². The molecule has 0 saturated carbocycles. The highest BCUT2D eigenvalue weighted by Crippen LogP contribution is 2.30. The number of aromatic nitrogens is 1. The van der Waals surface area contributed by atoms with Crippen molar-refractivity contribution in [2.45, 2.75) is 13.8 Å². The number of nitrogens with zero attached hydrogens (tertiary/aromatic N) is 1. The first-order chi connectivity index (χ1) is 12.7. The number of rotatable bonds is 5. The monoisotopic (exact) mass is 355 g/mol. The Balaban J connectivity index is 2.31. The van der Waals surface area contributed by atoms with Crippen molar-refractivity contribution in [3.8, 4) is 0 Å². The van der Waals surface area contributed by atoms with Gasteiger partial charge in [0, 0.05) is 30.2 Å². The second-order valence-corrected chi connectivity index (χ2v) is 5.61. The number of ether oxygens (including phenoxy) is 2. The first-order valence-corrected chi connectivity index (χ1v) is 8.61. The number of fused-ring (bicyclic) bond motifs is 1. The molecule has 1 aliphatic heterocycles. The highest BCUT2D eigenvalue weighted by molar-refractivity contribution is 6.23. The maximum atomic E-state index is 12.8. The van der Waals surface area contributed by atoms with Gasteiger partial charge < -0.3 is 20.1 Å². The summed E-state index contributed by atoms with van der Waals surface area (Å²) >= 11 is 0. The number of para-hydroxylation sites is 1. The van der Waals surface area contributed by atoms with Crippen LogP contribution in [-0.4, -0.2) is 43.2 Å². The summed E-state index contributed by atoms with van der Waals surface area (Å²) in [5.41, 5.74) is 1.66. The molecule has 1 aromatic heterocycles. The Kier molecular flexibility index (Phi) is 5.36. The normalized spacial score (nSPS) is 13.1. The van der Waals surface area contributed by atoms with E-state index in [4.69, 9.17) is 9.47 Å². The van der Waals surface area contributed by atoms with Crippen molar-refractivity contribution < 1.29 is 19.1 Å². The van der Waals surface area contributed by atoms with Crippen LogP contribution in [0.15, 0.2) is 36.3 Å². The summed E-state index contributed by atoms with van der Waals surface area (Å²) < 4.78 is 10.4. The number of carbonyl (C=O) groups excluding carboxylic acids is 2. The summed E-state index contributed by atoms with van der Waals surface area (Å²) in [6.07, 6.45) is 1.45. The van der Waals surface area contributed by atoms with Crippen molar-refractivity contribution in [3.63, 3.8) is 0 Å². The Labute approximate surface area is 151 Å². The number of hydrogen-bond acceptors (Lipinski definition) is 7. The second kappa shape index (κ2) is 7.86. The zero-order valence-electron chi connectivity index (χ0n) is 14.8. The number of benzene rings is 1. The van der Waals surface area contributed by atoms with E-state index in [2.05, 4.69) is 15.6 Å². The van der Waals surface area contributed by atoms with Gasteiger partial charge in [-0.2, -0.15) is 0 Å². The molecule has 136 valence electrons. The van der Waals surface area contributed by atoms with Gasteiger partial charge in [0.05, 0.1) is 24.3 Å². The fourth-order valence-electron chi connectivity index (χ4n) is 2.92. The summed E-state index contributed by atoms with van der Waals surface area (Å²) in [5.74, 6) is -0.488. The predicted octanol–water partition coefficient (Wildman–Crippen LogP) is 1.84. The van der Waals surface area contributed by atoms with E-state index >= 15 is 0 Å². The molecule has 2 N–H and O–H groups in total. The predicted molar refractivity (Wildman–Crippen MR) is 97.3 cm³/mol. The summed E-state index contributed by atoms with van der Waals surface area (Å²) in [4.78, 5) is 29.6. The maximum absolute atomic E-state index is 12.8. The number of hydrogen-bond donors (Lipinski definition) is 2. The van der Waals surface area contributed by atoms with Crippen LogP contribution >= 0.6 is 0 Å². The third-order valence-corrected chi connectivity index (χ3v) is 3.98. The van der Waals surface area contributed by atoms with Gasteiger partial charge in [-0.1, -0.05) is 18.2 Å². The van der Waals surface area contributed by atoms with Crippen LogP contribution in [0.1, 0.15) is 29.8 Å². The molecule has 26 heavy (non-hydrogen) atoms. The van der Waals surface area contributed by atoms with E-state index in [1.165, 1.54) is 6.20 Å². The lowest BCUT2D eigenvalue weighted by Gasteiger charge is -2.16. The van der Waals surface area contributed by atoms with Crippen LogP contribution in [0, 0.1) is 0 Å². The molecule has 1 aliphatic rings. The third-order valence-electron chi connectivity index (χ3n) is 3.98. The lowest BCUT2D eigenvalue weighted by molar-refractivity contribution is -0.136. The van der Waals surface area contributed by atoms with E-state index in [9.17, 15) is 9.59 Å². The first kappa shape index (κ1) is 17.7. The van der Waals surface area contributed by atoms with Crippen LogP contribution in [-0.2, 0) is 14.3 Å². The molecule has 1 fully saturated rings. The largest absolute Gasteiger partial charge is 0.462 e. The minimum absolute atomic E-state index is 0.229. The van der Waals surface area contributed by atoms with Gasteiger partial charge in [-0.25, -0.2) is 9.59 Å². The average molecular weight is 355 g/mol. The minimum atomic E-state index is -0.527. The zero-order valence-corrected chi connectivity index (χ0v) is 14.8. The second-order valence-electron chi connectivity index (χ2n) is 5.61. The number of nitrogens with one attached hydrogen (secondary N) is 2. The molecule has 1 saturated heterocycles. The van der Waals surface area contributed by atoms with Crippen molar-refractivity contribution in [2.24, 2.45) is 0 Å². The highest BCUT2D eigenvalue weighted by Gasteiger charge is 2.28. The van der Waals surface area contributed by atoms with Crippen molar-refractivity contribution >= 4 is 28.4 Å². The van der Waals surface area contributed by atoms with Gasteiger partial charge in [0.15, 0.2) is 0 Å². The number of carbonyl (C=O) groups is 2. The van der Waals surface area contributed by atoms with Crippen LogP contribution in [0.4, 0.5) is 0 Å². The van der Waals surface area contributed by atoms with Crippen LogP contribution in [0.5, 0.6) is 0 Å². The Morgan fingerprint density at radius 2 is 1.77 bits per heavy atom. The van der Waals surface area contributed by atoms with Crippen molar-refractivity contribution in [2.75, 3.05) is 26.3 Å². The van der Waals surface area contributed by atoms with E-state index in [-0.39, 0.29) is 24.4 Å². The fourth-order valence-corrected chi connectivity index (χ4v) is 2.92. The standard InChI is InChI=1S/C19H21N3O4/c1-3-25-18(23)13-11-22-14-8-6-5-7-12(14)15(13)16(19(24)26-4-2)17-20-9-10-21-17/h5-8,11,20-21H,3-4,9-10H2,1-2H3. The molecule has 2 aromatic rings. The quantitative estimate of drug-likeness (QED) is 0.625. The Bertz CT molecular complexity index is 868. The smallest absolute Gasteiger partial charge is 0.342 e. The Hall–Kier alpha value is -3.09. The molecular weight excluding hydrogens is 334 g/mol. The molecule has 0 aliphatic carbocycles. The molecule has 0 atom stereocenters. The highest BCUT2D eigenvalue weighted by atomic mass is 16.5. The molecule has 0 unspecified atom stereocenters. The van der Waals surface area contributed by atoms with E-state index in [1.807, 2.05) is 24.3 Å². The van der Waals surface area contributed by atoms with Crippen molar-refractivity contribution in [1.82, 2.24) is 15.6 Å². The van der Waals surface area contributed by atoms with Crippen LogP contribution in [0.25, 0.3) is 16.5 Å². The molecule has 7 heteroatoms. The molecule has 0 amide bonds. The summed E-state index contributed by atoms with van der Waals surface area (Å²) in [6, 6.07) is 7.35. The first-order valence-electron chi connectivity index (χ1n) is 8.61. The summed E-state index contributed by atoms with van der Waals surface area (Å²) in [5, 5.41) is 6.99. The SMILES string of the molecule is CCOC(=O)C(=C1NCCN1)c1c(C(=O)OCC)cnc2ccccc12. The number of pyridine rings is 1. The van der Waals surface area contributed by atoms with Crippen molar-refractivity contribution in [3.05, 3.63) is 47.4 Å². The van der Waals surface area contributed by atoms with Gasteiger partial charge in [-0.3, -0.25) is 4.98 Å². The van der Waals surface area contributed by atoms with Gasteiger partial charge >= 0.3 is 11.9 Å².